The van der Waals surface area contributed by atoms with Gasteiger partial charge in [-0.25, -0.2) is 0 Å². The van der Waals surface area contributed by atoms with Gasteiger partial charge in [0.2, 0.25) is 0 Å². The third kappa shape index (κ3) is 3.96. The van der Waals surface area contributed by atoms with Gasteiger partial charge in [-0.15, -0.1) is 11.6 Å². The number of benzene rings is 1. The molecule has 0 N–H and O–H groups in total. The molecule has 1 aromatic rings. The highest BCUT2D eigenvalue weighted by Gasteiger charge is 2.14. The minimum absolute atomic E-state index is 0.264. The average Bonchev–Trinajstić information content (AvgIpc) is 2.38. The van der Waals surface area contributed by atoms with Crippen LogP contribution in [0.4, 0.5) is 0 Å². The zero-order valence-corrected chi connectivity index (χ0v) is 10.4. The van der Waals surface area contributed by atoms with Gasteiger partial charge in [0, 0.05) is 18.4 Å². The summed E-state index contributed by atoms with van der Waals surface area (Å²) in [5.41, 5.74) is 0.940. The second-order valence-electron chi connectivity index (χ2n) is 3.89. The van der Waals surface area contributed by atoms with Gasteiger partial charge in [-0.1, -0.05) is 17.9 Å². The van der Waals surface area contributed by atoms with Crippen LogP contribution in [0.2, 0.25) is 0 Å². The van der Waals surface area contributed by atoms with E-state index in [0.717, 1.165) is 37.4 Å². The van der Waals surface area contributed by atoms with E-state index in [9.17, 15) is 0 Å². The molecule has 0 radical (unpaired) electrons. The van der Waals surface area contributed by atoms with Crippen LogP contribution in [-0.4, -0.2) is 25.2 Å². The summed E-state index contributed by atoms with van der Waals surface area (Å²) in [7, 11) is 0. The molecular formula is C14H15ClO2. The lowest BCUT2D eigenvalue weighted by Gasteiger charge is -2.23. The Morgan fingerprint density at radius 3 is 2.94 bits per heavy atom. The van der Waals surface area contributed by atoms with Gasteiger partial charge < -0.3 is 9.47 Å². The first-order valence-corrected chi connectivity index (χ1v) is 6.31. The van der Waals surface area contributed by atoms with Gasteiger partial charge >= 0.3 is 0 Å². The quantitative estimate of drug-likeness (QED) is 0.594. The summed E-state index contributed by atoms with van der Waals surface area (Å²) in [5.74, 6) is 7.05. The van der Waals surface area contributed by atoms with Crippen molar-refractivity contribution in [3.05, 3.63) is 29.8 Å². The predicted octanol–water partition coefficient (Wildman–Crippen LogP) is 2.83. The highest BCUT2D eigenvalue weighted by Crippen LogP contribution is 2.18. The van der Waals surface area contributed by atoms with Crippen molar-refractivity contribution >= 4 is 11.6 Å². The maximum absolute atomic E-state index is 5.90. The van der Waals surface area contributed by atoms with Crippen molar-refractivity contribution in [2.75, 3.05) is 19.1 Å². The van der Waals surface area contributed by atoms with Crippen LogP contribution in [-0.2, 0) is 4.74 Å². The standard InChI is InChI=1S/C14H15ClO2/c15-8-2-4-12-3-1-5-14(11-12)17-13-6-9-16-10-7-13/h1,3,5,11,13H,6-10H2. The Morgan fingerprint density at radius 1 is 1.35 bits per heavy atom. The van der Waals surface area contributed by atoms with Crippen LogP contribution < -0.4 is 4.74 Å². The van der Waals surface area contributed by atoms with Gasteiger partial charge in [-0.3, -0.25) is 0 Å². The molecule has 0 bridgehead atoms. The van der Waals surface area contributed by atoms with E-state index in [1.54, 1.807) is 0 Å². The van der Waals surface area contributed by atoms with Crippen LogP contribution >= 0.6 is 11.6 Å². The minimum Gasteiger partial charge on any atom is -0.490 e. The van der Waals surface area contributed by atoms with E-state index >= 15 is 0 Å². The Kier molecular flexibility index (Phi) is 4.73. The Hall–Kier alpha value is -1.17. The SMILES string of the molecule is ClCC#Cc1cccc(OC2CCOCC2)c1. The van der Waals surface area contributed by atoms with Crippen molar-refractivity contribution in [1.82, 2.24) is 0 Å². The number of hydrogen-bond acceptors (Lipinski definition) is 2. The van der Waals surface area contributed by atoms with Crippen molar-refractivity contribution < 1.29 is 9.47 Å². The molecule has 1 aliphatic rings. The second-order valence-corrected chi connectivity index (χ2v) is 4.16. The number of hydrogen-bond donors (Lipinski definition) is 0. The van der Waals surface area contributed by atoms with E-state index < -0.39 is 0 Å². The molecule has 0 atom stereocenters. The number of halogens is 1. The number of rotatable bonds is 2. The molecule has 1 fully saturated rings. The second kappa shape index (κ2) is 6.54. The molecule has 1 aliphatic heterocycles. The monoisotopic (exact) mass is 250 g/mol. The van der Waals surface area contributed by atoms with Crippen LogP contribution in [0.1, 0.15) is 18.4 Å². The van der Waals surface area contributed by atoms with Gasteiger partial charge in [0.15, 0.2) is 0 Å². The lowest BCUT2D eigenvalue weighted by molar-refractivity contribution is 0.0255. The smallest absolute Gasteiger partial charge is 0.120 e. The van der Waals surface area contributed by atoms with E-state index in [0.29, 0.717) is 5.88 Å². The maximum atomic E-state index is 5.90. The van der Waals surface area contributed by atoms with Gasteiger partial charge in [0.1, 0.15) is 11.9 Å². The predicted molar refractivity (Wildman–Crippen MR) is 68.5 cm³/mol. The van der Waals surface area contributed by atoms with E-state index in [4.69, 9.17) is 21.1 Å². The van der Waals surface area contributed by atoms with Gasteiger partial charge in [0.25, 0.3) is 0 Å². The largest absolute Gasteiger partial charge is 0.490 e. The summed E-state index contributed by atoms with van der Waals surface area (Å²) in [6, 6.07) is 7.82. The zero-order chi connectivity index (χ0) is 11.9. The molecule has 2 rings (SSSR count). The van der Waals surface area contributed by atoms with Crippen molar-refractivity contribution in [3.8, 4) is 17.6 Å². The normalized spacial score (nSPS) is 16.1. The fourth-order valence-electron chi connectivity index (χ4n) is 1.77. The minimum atomic E-state index is 0.264. The molecule has 90 valence electrons. The first-order chi connectivity index (χ1) is 8.38. The first kappa shape index (κ1) is 12.3. The zero-order valence-electron chi connectivity index (χ0n) is 9.62. The Balaban J connectivity index is 2.00. The fourth-order valence-corrected chi connectivity index (χ4v) is 1.84. The maximum Gasteiger partial charge on any atom is 0.120 e. The molecule has 1 aromatic carbocycles. The molecule has 0 aromatic heterocycles. The molecule has 2 nitrogen and oxygen atoms in total. The highest BCUT2D eigenvalue weighted by molar-refractivity contribution is 6.19. The van der Waals surface area contributed by atoms with Crippen LogP contribution in [0.5, 0.6) is 5.75 Å². The van der Waals surface area contributed by atoms with Crippen LogP contribution in [0.15, 0.2) is 24.3 Å². The third-order valence-corrected chi connectivity index (χ3v) is 2.74. The average molecular weight is 251 g/mol. The Bertz CT molecular complexity index is 414. The van der Waals surface area contributed by atoms with E-state index in [2.05, 4.69) is 11.8 Å². The summed E-state index contributed by atoms with van der Waals surface area (Å²) >= 11 is 5.53. The number of alkyl halides is 1. The summed E-state index contributed by atoms with van der Waals surface area (Å²) in [5, 5.41) is 0. The lowest BCUT2D eigenvalue weighted by atomic mass is 10.1. The lowest BCUT2D eigenvalue weighted by Crippen LogP contribution is -2.25. The van der Waals surface area contributed by atoms with E-state index in [1.807, 2.05) is 24.3 Å². The van der Waals surface area contributed by atoms with Gasteiger partial charge in [-0.05, 0) is 18.2 Å². The van der Waals surface area contributed by atoms with Crippen molar-refractivity contribution in [1.29, 1.82) is 0 Å². The molecule has 1 heterocycles. The molecule has 3 heteroatoms. The van der Waals surface area contributed by atoms with Gasteiger partial charge in [-0.2, -0.15) is 0 Å². The molecule has 17 heavy (non-hydrogen) atoms. The molecular weight excluding hydrogens is 236 g/mol. The molecule has 0 unspecified atom stereocenters. The Morgan fingerprint density at radius 2 is 2.18 bits per heavy atom. The van der Waals surface area contributed by atoms with Crippen LogP contribution in [0.3, 0.4) is 0 Å². The van der Waals surface area contributed by atoms with Crippen LogP contribution in [0.25, 0.3) is 0 Å². The summed E-state index contributed by atoms with van der Waals surface area (Å²) in [6.07, 6.45) is 2.18. The molecule has 0 aliphatic carbocycles. The van der Waals surface area contributed by atoms with E-state index in [-0.39, 0.29) is 6.10 Å². The topological polar surface area (TPSA) is 18.5 Å². The molecule has 0 spiro atoms. The summed E-state index contributed by atoms with van der Waals surface area (Å²) < 4.78 is 11.2. The highest BCUT2D eigenvalue weighted by atomic mass is 35.5. The van der Waals surface area contributed by atoms with Crippen molar-refractivity contribution in [2.45, 2.75) is 18.9 Å². The number of ether oxygens (including phenoxy) is 2. The first-order valence-electron chi connectivity index (χ1n) is 5.78. The van der Waals surface area contributed by atoms with E-state index in [1.165, 1.54) is 0 Å². The fraction of sp³-hybridized carbons (Fsp3) is 0.429. The van der Waals surface area contributed by atoms with Crippen LogP contribution in [0, 0.1) is 11.8 Å². The molecule has 1 saturated heterocycles. The summed E-state index contributed by atoms with van der Waals surface area (Å²) in [4.78, 5) is 0. The third-order valence-electron chi connectivity index (χ3n) is 2.60. The van der Waals surface area contributed by atoms with Crippen molar-refractivity contribution in [3.63, 3.8) is 0 Å². The molecule has 0 saturated carbocycles. The molecule has 0 amide bonds. The van der Waals surface area contributed by atoms with Crippen molar-refractivity contribution in [2.24, 2.45) is 0 Å². The van der Waals surface area contributed by atoms with Gasteiger partial charge in [0.05, 0.1) is 19.1 Å². The Labute approximate surface area is 107 Å². The summed E-state index contributed by atoms with van der Waals surface area (Å²) in [6.45, 7) is 1.58.